The zero-order chi connectivity index (χ0) is 15.2. The first-order chi connectivity index (χ1) is 10.1. The minimum atomic E-state index is 0.0718. The first kappa shape index (κ1) is 17.1. The molecule has 0 atom stereocenters. The Morgan fingerprint density at radius 3 is 2.57 bits per heavy atom. The number of thiocarbonyl (C=S) groups is 1. The van der Waals surface area contributed by atoms with Crippen molar-refractivity contribution < 1.29 is 4.79 Å². The van der Waals surface area contributed by atoms with Gasteiger partial charge in [0.25, 0.3) is 0 Å². The number of thioether (sulfide) groups is 1. The standard InChI is InChI=1S/C15H17Cl2NOS2/c16-12-5-4-11(10-13(12)17)14(19)6-9-21-15(20)18-7-2-1-3-8-18/h4-5,10H,1-3,6-9H2. The molecule has 0 spiro atoms. The minimum absolute atomic E-state index is 0.0718. The monoisotopic (exact) mass is 361 g/mol. The Labute approximate surface area is 145 Å². The quantitative estimate of drug-likeness (QED) is 0.550. The van der Waals surface area contributed by atoms with Crippen molar-refractivity contribution >= 4 is 57.3 Å². The smallest absolute Gasteiger partial charge is 0.163 e. The van der Waals surface area contributed by atoms with Gasteiger partial charge in [-0.1, -0.05) is 47.2 Å². The average molecular weight is 362 g/mol. The Balaban J connectivity index is 1.78. The predicted octanol–water partition coefficient (Wildman–Crippen LogP) is 5.07. The Bertz CT molecular complexity index is 530. The maximum absolute atomic E-state index is 12.1. The van der Waals surface area contributed by atoms with Crippen molar-refractivity contribution in [3.05, 3.63) is 33.8 Å². The largest absolute Gasteiger partial charge is 0.358 e. The lowest BCUT2D eigenvalue weighted by molar-refractivity contribution is 0.0989. The minimum Gasteiger partial charge on any atom is -0.358 e. The Kier molecular flexibility index (Phi) is 6.80. The van der Waals surface area contributed by atoms with E-state index in [0.29, 0.717) is 27.8 Å². The zero-order valence-electron chi connectivity index (χ0n) is 11.6. The molecule has 0 unspecified atom stereocenters. The van der Waals surface area contributed by atoms with Crippen LogP contribution in [0.25, 0.3) is 0 Å². The van der Waals surface area contributed by atoms with Crippen LogP contribution in [0.3, 0.4) is 0 Å². The Hall–Kier alpha value is -0.290. The number of benzene rings is 1. The number of hydrogen-bond acceptors (Lipinski definition) is 3. The summed E-state index contributed by atoms with van der Waals surface area (Å²) in [6, 6.07) is 4.99. The molecular weight excluding hydrogens is 345 g/mol. The number of halogens is 2. The first-order valence-electron chi connectivity index (χ1n) is 6.98. The van der Waals surface area contributed by atoms with Gasteiger partial charge in [0.2, 0.25) is 0 Å². The normalized spacial score (nSPS) is 15.0. The molecule has 21 heavy (non-hydrogen) atoms. The van der Waals surface area contributed by atoms with Gasteiger partial charge in [0.05, 0.1) is 10.0 Å². The van der Waals surface area contributed by atoms with Crippen LogP contribution < -0.4 is 0 Å². The molecule has 114 valence electrons. The van der Waals surface area contributed by atoms with Crippen molar-refractivity contribution in [1.29, 1.82) is 0 Å². The van der Waals surface area contributed by atoms with E-state index in [4.69, 9.17) is 35.4 Å². The fourth-order valence-electron chi connectivity index (χ4n) is 2.21. The molecule has 2 nitrogen and oxygen atoms in total. The molecule has 1 fully saturated rings. The summed E-state index contributed by atoms with van der Waals surface area (Å²) in [4.78, 5) is 14.3. The molecular formula is C15H17Cl2NOS2. The molecule has 1 heterocycles. The fraction of sp³-hybridized carbons (Fsp3) is 0.467. The van der Waals surface area contributed by atoms with E-state index in [1.54, 1.807) is 30.0 Å². The molecule has 0 radical (unpaired) electrons. The van der Waals surface area contributed by atoms with Gasteiger partial charge in [0.15, 0.2) is 5.78 Å². The van der Waals surface area contributed by atoms with Crippen LogP contribution in [0.15, 0.2) is 18.2 Å². The van der Waals surface area contributed by atoms with Crippen LogP contribution in [0.4, 0.5) is 0 Å². The number of ketones is 1. The molecule has 0 aromatic heterocycles. The van der Waals surface area contributed by atoms with Gasteiger partial charge in [-0.25, -0.2) is 0 Å². The predicted molar refractivity (Wildman–Crippen MR) is 95.9 cm³/mol. The van der Waals surface area contributed by atoms with Crippen molar-refractivity contribution in [2.24, 2.45) is 0 Å². The highest BCUT2D eigenvalue weighted by Gasteiger charge is 2.14. The van der Waals surface area contributed by atoms with Crippen molar-refractivity contribution in [3.8, 4) is 0 Å². The van der Waals surface area contributed by atoms with Crippen LogP contribution in [0.5, 0.6) is 0 Å². The van der Waals surface area contributed by atoms with E-state index in [0.717, 1.165) is 17.4 Å². The lowest BCUT2D eigenvalue weighted by Gasteiger charge is -2.28. The highest BCUT2D eigenvalue weighted by atomic mass is 35.5. The molecule has 1 aromatic rings. The van der Waals surface area contributed by atoms with Gasteiger partial charge in [0, 0.05) is 30.8 Å². The van der Waals surface area contributed by atoms with Gasteiger partial charge in [-0.15, -0.1) is 0 Å². The number of hydrogen-bond donors (Lipinski definition) is 0. The molecule has 6 heteroatoms. The van der Waals surface area contributed by atoms with Gasteiger partial charge in [0.1, 0.15) is 4.32 Å². The van der Waals surface area contributed by atoms with Crippen LogP contribution in [-0.2, 0) is 0 Å². The van der Waals surface area contributed by atoms with E-state index in [9.17, 15) is 4.79 Å². The highest BCUT2D eigenvalue weighted by molar-refractivity contribution is 8.22. The average Bonchev–Trinajstić information content (AvgIpc) is 2.50. The van der Waals surface area contributed by atoms with E-state index in [1.807, 2.05) is 0 Å². The first-order valence-corrected chi connectivity index (χ1v) is 9.13. The van der Waals surface area contributed by atoms with Crippen LogP contribution in [0, 0.1) is 0 Å². The summed E-state index contributed by atoms with van der Waals surface area (Å²) in [5, 5.41) is 0.882. The van der Waals surface area contributed by atoms with Crippen LogP contribution in [0.1, 0.15) is 36.0 Å². The number of likely N-dealkylation sites (tertiary alicyclic amines) is 1. The van der Waals surface area contributed by atoms with E-state index < -0.39 is 0 Å². The number of carbonyl (C=O) groups excluding carboxylic acids is 1. The third kappa shape index (κ3) is 5.13. The molecule has 0 saturated carbocycles. The van der Waals surface area contributed by atoms with E-state index in [-0.39, 0.29) is 5.78 Å². The van der Waals surface area contributed by atoms with E-state index >= 15 is 0 Å². The zero-order valence-corrected chi connectivity index (χ0v) is 14.8. The summed E-state index contributed by atoms with van der Waals surface area (Å²) in [5.74, 6) is 0.775. The second kappa shape index (κ2) is 8.37. The highest BCUT2D eigenvalue weighted by Crippen LogP contribution is 2.24. The van der Waals surface area contributed by atoms with Crippen molar-refractivity contribution in [1.82, 2.24) is 4.90 Å². The molecule has 1 aliphatic rings. The van der Waals surface area contributed by atoms with Crippen LogP contribution >= 0.6 is 47.2 Å². The van der Waals surface area contributed by atoms with Crippen LogP contribution in [-0.4, -0.2) is 33.8 Å². The topological polar surface area (TPSA) is 20.3 Å². The lowest BCUT2D eigenvalue weighted by atomic mass is 10.1. The number of rotatable bonds is 4. The summed E-state index contributed by atoms with van der Waals surface area (Å²) >= 11 is 18.8. The van der Waals surface area contributed by atoms with Crippen LogP contribution in [0.2, 0.25) is 10.0 Å². The fourth-order valence-corrected chi connectivity index (χ4v) is 3.77. The SMILES string of the molecule is O=C(CCSC(=S)N1CCCCC1)c1ccc(Cl)c(Cl)c1. The van der Waals surface area contributed by atoms with Crippen molar-refractivity contribution in [2.75, 3.05) is 18.8 Å². The number of piperidine rings is 1. The van der Waals surface area contributed by atoms with Gasteiger partial charge >= 0.3 is 0 Å². The van der Waals surface area contributed by atoms with E-state index in [1.165, 1.54) is 19.3 Å². The van der Waals surface area contributed by atoms with Gasteiger partial charge in [-0.2, -0.15) is 0 Å². The van der Waals surface area contributed by atoms with Crippen molar-refractivity contribution in [2.45, 2.75) is 25.7 Å². The Morgan fingerprint density at radius 2 is 1.90 bits per heavy atom. The summed E-state index contributed by atoms with van der Waals surface area (Å²) in [6.45, 7) is 2.10. The van der Waals surface area contributed by atoms with Gasteiger partial charge in [-0.3, -0.25) is 4.79 Å². The molecule has 1 aliphatic heterocycles. The van der Waals surface area contributed by atoms with Gasteiger partial charge in [-0.05, 0) is 37.5 Å². The third-order valence-electron chi connectivity index (χ3n) is 3.41. The summed E-state index contributed by atoms with van der Waals surface area (Å²) < 4.78 is 0.914. The number of Topliss-reactive ketones (excluding diaryl/α,β-unsaturated/α-hetero) is 1. The summed E-state index contributed by atoms with van der Waals surface area (Å²) in [7, 11) is 0. The third-order valence-corrected chi connectivity index (χ3v) is 5.67. The number of nitrogens with zero attached hydrogens (tertiary/aromatic N) is 1. The maximum Gasteiger partial charge on any atom is 0.163 e. The molecule has 0 N–H and O–H groups in total. The van der Waals surface area contributed by atoms with Crippen molar-refractivity contribution in [3.63, 3.8) is 0 Å². The molecule has 2 rings (SSSR count). The summed E-state index contributed by atoms with van der Waals surface area (Å²) in [6.07, 6.45) is 4.17. The maximum atomic E-state index is 12.1. The molecule has 0 bridgehead atoms. The molecule has 0 aliphatic carbocycles. The molecule has 1 aromatic carbocycles. The second-order valence-corrected chi connectivity index (χ2v) is 7.51. The number of carbonyl (C=O) groups is 1. The Morgan fingerprint density at radius 1 is 1.19 bits per heavy atom. The molecule has 1 saturated heterocycles. The second-order valence-electron chi connectivity index (χ2n) is 4.96. The summed E-state index contributed by atoms with van der Waals surface area (Å²) in [5.41, 5.74) is 0.605. The lowest BCUT2D eigenvalue weighted by Crippen LogP contribution is -2.32. The molecule has 0 amide bonds. The van der Waals surface area contributed by atoms with Gasteiger partial charge < -0.3 is 4.90 Å². The van der Waals surface area contributed by atoms with E-state index in [2.05, 4.69) is 4.90 Å².